The van der Waals surface area contributed by atoms with Gasteiger partial charge in [0.25, 0.3) is 6.47 Å². The van der Waals surface area contributed by atoms with Gasteiger partial charge in [0.05, 0.1) is 16.6 Å². The molecule has 3 aromatic rings. The van der Waals surface area contributed by atoms with E-state index in [0.717, 1.165) is 28.6 Å². The first kappa shape index (κ1) is 22.7. The van der Waals surface area contributed by atoms with Crippen LogP contribution >= 0.6 is 11.6 Å². The number of benzene rings is 2. The highest BCUT2D eigenvalue weighted by Crippen LogP contribution is 2.23. The second-order valence-corrected chi connectivity index (χ2v) is 7.95. The minimum absolute atomic E-state index is 0.123. The number of pyridine rings is 1. The molecule has 1 aromatic heterocycles. The summed E-state index contributed by atoms with van der Waals surface area (Å²) < 4.78 is 4.54. The lowest BCUT2D eigenvalue weighted by Crippen LogP contribution is -2.57. The van der Waals surface area contributed by atoms with E-state index in [1.807, 2.05) is 60.4 Å². The second kappa shape index (κ2) is 10.9. The predicted octanol–water partition coefficient (Wildman–Crippen LogP) is 3.96. The summed E-state index contributed by atoms with van der Waals surface area (Å²) >= 11 is 6.15. The molecule has 4 rings (SSSR count). The Morgan fingerprint density at radius 1 is 1.16 bits per heavy atom. The number of nitrogens with one attached hydrogen (secondary N) is 1. The van der Waals surface area contributed by atoms with E-state index in [2.05, 4.69) is 22.0 Å². The molecule has 2 aromatic carbocycles. The Morgan fingerprint density at radius 3 is 2.68 bits per heavy atom. The van der Waals surface area contributed by atoms with Crippen molar-refractivity contribution in [2.45, 2.75) is 39.1 Å². The number of hydrogen-bond acceptors (Lipinski definition) is 5. The number of piperazine rings is 1. The molecule has 0 bridgehead atoms. The lowest BCUT2D eigenvalue weighted by atomic mass is 10.1. The summed E-state index contributed by atoms with van der Waals surface area (Å²) in [5, 5.41) is 4.90. The van der Waals surface area contributed by atoms with Gasteiger partial charge in [-0.1, -0.05) is 54.1 Å². The van der Waals surface area contributed by atoms with Crippen molar-refractivity contribution in [1.82, 2.24) is 15.2 Å². The van der Waals surface area contributed by atoms with E-state index in [4.69, 9.17) is 11.6 Å². The lowest BCUT2D eigenvalue weighted by molar-refractivity contribution is -0.137. The molecular formula is C24H26ClN3O3. The molecule has 6 nitrogen and oxygen atoms in total. The highest BCUT2D eigenvalue weighted by atomic mass is 35.5. The third kappa shape index (κ3) is 6.26. The van der Waals surface area contributed by atoms with E-state index in [0.29, 0.717) is 30.7 Å². The molecule has 1 N–H and O–H groups in total. The normalized spacial score (nSPS) is 18.3. The number of ether oxygens (including phenoxy) is 1. The molecule has 0 aliphatic carbocycles. The number of carbonyl (C=O) groups is 2. The number of carbonyl (C=O) groups excluding carboxylic acids is 2. The first-order valence-corrected chi connectivity index (χ1v) is 10.5. The third-order valence-corrected chi connectivity index (χ3v) is 5.33. The van der Waals surface area contributed by atoms with E-state index in [9.17, 15) is 9.59 Å². The van der Waals surface area contributed by atoms with Crippen molar-refractivity contribution in [3.8, 4) is 0 Å². The van der Waals surface area contributed by atoms with Crippen LogP contribution in [0.15, 0.2) is 60.8 Å². The van der Waals surface area contributed by atoms with Gasteiger partial charge in [-0.3, -0.25) is 14.6 Å². The van der Waals surface area contributed by atoms with Gasteiger partial charge in [0.2, 0.25) is 5.91 Å². The summed E-state index contributed by atoms with van der Waals surface area (Å²) in [5.74, 6) is 0.146. The molecule has 1 amide bonds. The fourth-order valence-corrected chi connectivity index (χ4v) is 3.79. The molecule has 1 aliphatic heterocycles. The Hall–Kier alpha value is -2.96. The summed E-state index contributed by atoms with van der Waals surface area (Å²) in [6.45, 7) is 6.16. The Balaban J connectivity index is 0.000000229. The SMILES string of the molecule is CC1CN(Cc2ccc3c(Cl)ccnc3c2)C(=O)C(C)N1.O=COCc1ccccc1. The Labute approximate surface area is 187 Å². The zero-order valence-corrected chi connectivity index (χ0v) is 18.4. The topological polar surface area (TPSA) is 71.5 Å². The third-order valence-electron chi connectivity index (χ3n) is 5.00. The highest BCUT2D eigenvalue weighted by Gasteiger charge is 2.28. The molecule has 2 unspecified atom stereocenters. The smallest absolute Gasteiger partial charge is 0.293 e. The van der Waals surface area contributed by atoms with Crippen molar-refractivity contribution in [2.75, 3.05) is 6.54 Å². The first-order chi connectivity index (χ1) is 15.0. The Morgan fingerprint density at radius 2 is 1.94 bits per heavy atom. The molecule has 0 radical (unpaired) electrons. The average molecular weight is 440 g/mol. The summed E-state index contributed by atoms with van der Waals surface area (Å²) in [6.07, 6.45) is 1.70. The van der Waals surface area contributed by atoms with Crippen LogP contribution in [0.25, 0.3) is 10.9 Å². The zero-order chi connectivity index (χ0) is 22.2. The van der Waals surface area contributed by atoms with E-state index >= 15 is 0 Å². The highest BCUT2D eigenvalue weighted by molar-refractivity contribution is 6.35. The summed E-state index contributed by atoms with van der Waals surface area (Å²) in [7, 11) is 0. The van der Waals surface area contributed by atoms with Crippen molar-refractivity contribution < 1.29 is 14.3 Å². The van der Waals surface area contributed by atoms with Crippen LogP contribution in [0, 0.1) is 0 Å². The maximum atomic E-state index is 12.2. The monoisotopic (exact) mass is 439 g/mol. The fraction of sp³-hybridized carbons (Fsp3) is 0.292. The number of nitrogens with zero attached hydrogens (tertiary/aromatic N) is 2. The molecule has 1 aliphatic rings. The van der Waals surface area contributed by atoms with Gasteiger partial charge >= 0.3 is 0 Å². The maximum Gasteiger partial charge on any atom is 0.293 e. The van der Waals surface area contributed by atoms with Crippen LogP contribution in [0.1, 0.15) is 25.0 Å². The molecule has 2 heterocycles. The largest absolute Gasteiger partial charge is 0.463 e. The van der Waals surface area contributed by atoms with E-state index in [-0.39, 0.29) is 11.9 Å². The zero-order valence-electron chi connectivity index (χ0n) is 17.6. The van der Waals surface area contributed by atoms with Crippen molar-refractivity contribution in [3.05, 3.63) is 76.9 Å². The van der Waals surface area contributed by atoms with Crippen LogP contribution < -0.4 is 5.32 Å². The van der Waals surface area contributed by atoms with Gasteiger partial charge in [-0.05, 0) is 37.1 Å². The molecule has 31 heavy (non-hydrogen) atoms. The van der Waals surface area contributed by atoms with E-state index in [1.165, 1.54) is 0 Å². The summed E-state index contributed by atoms with van der Waals surface area (Å²) in [6, 6.07) is 17.5. The van der Waals surface area contributed by atoms with Crippen LogP contribution in [0.5, 0.6) is 0 Å². The minimum Gasteiger partial charge on any atom is -0.463 e. The van der Waals surface area contributed by atoms with Gasteiger partial charge in [0, 0.05) is 30.7 Å². The van der Waals surface area contributed by atoms with E-state index < -0.39 is 0 Å². The molecular weight excluding hydrogens is 414 g/mol. The first-order valence-electron chi connectivity index (χ1n) is 10.1. The van der Waals surface area contributed by atoms with Gasteiger partial charge in [0.15, 0.2) is 0 Å². The van der Waals surface area contributed by atoms with Crippen LogP contribution in [0.3, 0.4) is 0 Å². The van der Waals surface area contributed by atoms with Gasteiger partial charge < -0.3 is 15.0 Å². The van der Waals surface area contributed by atoms with Gasteiger partial charge in [0.1, 0.15) is 6.61 Å². The number of amides is 1. The molecule has 0 saturated carbocycles. The molecule has 0 spiro atoms. The quantitative estimate of drug-likeness (QED) is 0.609. The molecule has 2 atom stereocenters. The summed E-state index contributed by atoms with van der Waals surface area (Å²) in [5.41, 5.74) is 2.95. The number of rotatable bonds is 5. The van der Waals surface area contributed by atoms with Crippen LogP contribution in [-0.4, -0.2) is 40.9 Å². The number of aromatic nitrogens is 1. The van der Waals surface area contributed by atoms with E-state index in [1.54, 1.807) is 12.3 Å². The van der Waals surface area contributed by atoms with Crippen molar-refractivity contribution in [2.24, 2.45) is 0 Å². The Kier molecular flexibility index (Phi) is 7.98. The van der Waals surface area contributed by atoms with Gasteiger partial charge in [-0.25, -0.2) is 0 Å². The van der Waals surface area contributed by atoms with Gasteiger partial charge in [-0.15, -0.1) is 0 Å². The number of fused-ring (bicyclic) bond motifs is 1. The second-order valence-electron chi connectivity index (χ2n) is 7.55. The molecule has 1 fully saturated rings. The standard InChI is InChI=1S/C16H18ClN3O.C8H8O2/c1-10-8-20(16(21)11(2)19-10)9-12-3-4-13-14(17)5-6-18-15(13)7-12;9-7-10-6-8-4-2-1-3-5-8/h3-7,10-11,19H,8-9H2,1-2H3;1-5,7H,6H2. The lowest BCUT2D eigenvalue weighted by Gasteiger charge is -2.35. The summed E-state index contributed by atoms with van der Waals surface area (Å²) in [4.78, 5) is 28.2. The Bertz CT molecular complexity index is 1030. The predicted molar refractivity (Wildman–Crippen MR) is 122 cm³/mol. The average Bonchev–Trinajstić information content (AvgIpc) is 2.77. The number of hydrogen-bond donors (Lipinski definition) is 1. The van der Waals surface area contributed by atoms with Crippen LogP contribution in [0.2, 0.25) is 5.02 Å². The van der Waals surface area contributed by atoms with Crippen LogP contribution in [-0.2, 0) is 27.5 Å². The molecule has 162 valence electrons. The molecule has 1 saturated heterocycles. The van der Waals surface area contributed by atoms with Crippen LogP contribution in [0.4, 0.5) is 0 Å². The maximum absolute atomic E-state index is 12.2. The fourth-order valence-electron chi connectivity index (χ4n) is 3.57. The van der Waals surface area contributed by atoms with Crippen molar-refractivity contribution in [1.29, 1.82) is 0 Å². The van der Waals surface area contributed by atoms with Crippen molar-refractivity contribution >= 4 is 34.9 Å². The van der Waals surface area contributed by atoms with Gasteiger partial charge in [-0.2, -0.15) is 0 Å². The minimum atomic E-state index is -0.123. The molecule has 7 heteroatoms. The van der Waals surface area contributed by atoms with Crippen molar-refractivity contribution in [3.63, 3.8) is 0 Å². The number of halogens is 1.